The van der Waals surface area contributed by atoms with Gasteiger partial charge in [0.15, 0.2) is 15.9 Å². The molecule has 176 valence electrons. The van der Waals surface area contributed by atoms with Crippen LogP contribution in [0.2, 0.25) is 0 Å². The van der Waals surface area contributed by atoms with E-state index in [0.29, 0.717) is 21.4 Å². The Morgan fingerprint density at radius 2 is 1.83 bits per heavy atom. The number of hydrogen-bond acceptors (Lipinski definition) is 9. The average Bonchev–Trinajstić information content (AvgIpc) is 3.57. The molecule has 0 spiro atoms. The summed E-state index contributed by atoms with van der Waals surface area (Å²) in [5.74, 6) is -0.619. The highest BCUT2D eigenvalue weighted by Crippen LogP contribution is 2.43. The van der Waals surface area contributed by atoms with Crippen molar-refractivity contribution in [2.45, 2.75) is 30.0 Å². The Hall–Kier alpha value is -3.76. The van der Waals surface area contributed by atoms with E-state index in [1.165, 1.54) is 39.6 Å². The fourth-order valence-corrected chi connectivity index (χ4v) is 5.60. The lowest BCUT2D eigenvalue weighted by molar-refractivity contribution is -0.117. The van der Waals surface area contributed by atoms with Gasteiger partial charge in [0, 0.05) is 18.1 Å². The number of aryl methyl sites for hydroxylation is 2. The molecule has 1 aromatic carbocycles. The molecule has 1 aliphatic rings. The first kappa shape index (κ1) is 23.0. The van der Waals surface area contributed by atoms with Gasteiger partial charge in [-0.2, -0.15) is 0 Å². The number of ketones is 1. The normalized spacial score (nSPS) is 15.8. The number of carbonyl (C=O) groups is 2. The van der Waals surface area contributed by atoms with Crippen molar-refractivity contribution in [2.75, 3.05) is 4.90 Å². The largest absolute Gasteiger partial charge is 0.503 e. The number of hydrogen-bond donors (Lipinski definition) is 1. The van der Waals surface area contributed by atoms with Gasteiger partial charge >= 0.3 is 0 Å². The quantitative estimate of drug-likeness (QED) is 0.207. The standard InChI is InChI=1S/C25H20N4O4S2/c1-14-3-6-16(7-4-14)13-34-25-28-27-24(35-25)29-20(17-9-11-26-12-10-17)19(22(31)23(29)32)21(30)18-8-5-15(2)33-18/h3-12,20,31H,13H2,1-2H3/t20-/m1/s1. The highest BCUT2D eigenvalue weighted by Gasteiger charge is 2.46. The second-order valence-corrected chi connectivity index (χ2v) is 10.2. The second kappa shape index (κ2) is 9.47. The lowest BCUT2D eigenvalue weighted by atomic mass is 9.96. The number of Topliss-reactive ketones (excluding diaryl/α,β-unsaturated/α-hetero) is 1. The van der Waals surface area contributed by atoms with Gasteiger partial charge in [-0.1, -0.05) is 52.9 Å². The summed E-state index contributed by atoms with van der Waals surface area (Å²) in [5.41, 5.74) is 2.87. The Labute approximate surface area is 209 Å². The summed E-state index contributed by atoms with van der Waals surface area (Å²) in [6.45, 7) is 3.75. The number of aliphatic hydroxyl groups is 1. The van der Waals surface area contributed by atoms with Crippen LogP contribution >= 0.6 is 23.1 Å². The van der Waals surface area contributed by atoms with Crippen LogP contribution in [0.1, 0.15) is 39.0 Å². The van der Waals surface area contributed by atoms with Crippen LogP contribution in [0.5, 0.6) is 0 Å². The molecule has 0 aliphatic carbocycles. The first-order chi connectivity index (χ1) is 16.9. The molecule has 35 heavy (non-hydrogen) atoms. The van der Waals surface area contributed by atoms with Crippen LogP contribution < -0.4 is 4.90 Å². The zero-order valence-corrected chi connectivity index (χ0v) is 20.5. The fraction of sp³-hybridized carbons (Fsp3) is 0.160. The van der Waals surface area contributed by atoms with Gasteiger partial charge in [-0.15, -0.1) is 10.2 Å². The average molecular weight is 505 g/mol. The van der Waals surface area contributed by atoms with Crippen LogP contribution in [-0.2, 0) is 10.5 Å². The van der Waals surface area contributed by atoms with E-state index in [4.69, 9.17) is 4.42 Å². The van der Waals surface area contributed by atoms with Crippen LogP contribution in [0, 0.1) is 13.8 Å². The molecule has 1 atom stereocenters. The number of rotatable bonds is 7. The van der Waals surface area contributed by atoms with E-state index in [1.807, 2.05) is 6.92 Å². The van der Waals surface area contributed by atoms with Crippen molar-refractivity contribution in [3.8, 4) is 0 Å². The van der Waals surface area contributed by atoms with Crippen molar-refractivity contribution in [3.05, 3.63) is 100 Å². The molecule has 1 amide bonds. The third-order valence-corrected chi connectivity index (χ3v) is 7.65. The predicted molar refractivity (Wildman–Crippen MR) is 133 cm³/mol. The topological polar surface area (TPSA) is 109 Å². The molecule has 0 radical (unpaired) electrons. The molecule has 0 unspecified atom stereocenters. The molecule has 1 aliphatic heterocycles. The van der Waals surface area contributed by atoms with E-state index >= 15 is 0 Å². The minimum atomic E-state index is -0.897. The van der Waals surface area contributed by atoms with Gasteiger partial charge in [-0.3, -0.25) is 19.5 Å². The molecule has 1 N–H and O–H groups in total. The molecule has 0 saturated carbocycles. The van der Waals surface area contributed by atoms with Crippen LogP contribution in [0.3, 0.4) is 0 Å². The summed E-state index contributed by atoms with van der Waals surface area (Å²) in [5, 5.41) is 19.5. The third kappa shape index (κ3) is 4.50. The highest BCUT2D eigenvalue weighted by molar-refractivity contribution is 8.00. The van der Waals surface area contributed by atoms with E-state index in [-0.39, 0.29) is 16.5 Å². The summed E-state index contributed by atoms with van der Waals surface area (Å²) in [4.78, 5) is 31.9. The zero-order valence-electron chi connectivity index (χ0n) is 18.8. The molecule has 5 rings (SSSR count). The smallest absolute Gasteiger partial charge is 0.296 e. The van der Waals surface area contributed by atoms with Gasteiger partial charge in [0.1, 0.15) is 5.76 Å². The maximum Gasteiger partial charge on any atom is 0.296 e. The van der Waals surface area contributed by atoms with Gasteiger partial charge in [-0.25, -0.2) is 0 Å². The third-order valence-electron chi connectivity index (χ3n) is 5.52. The molecule has 8 nitrogen and oxygen atoms in total. The SMILES string of the molecule is Cc1ccc(CSc2nnc(N3C(=O)C(O)=C(C(=O)c4ccc(C)o4)[C@H]3c3ccncc3)s2)cc1. The monoisotopic (exact) mass is 504 g/mol. The molecule has 0 fully saturated rings. The maximum atomic E-state index is 13.3. The van der Waals surface area contributed by atoms with E-state index in [2.05, 4.69) is 39.4 Å². The number of furan rings is 1. The van der Waals surface area contributed by atoms with Gasteiger partial charge < -0.3 is 9.52 Å². The van der Waals surface area contributed by atoms with Gasteiger partial charge in [-0.05, 0) is 49.2 Å². The first-order valence-corrected chi connectivity index (χ1v) is 12.5. The minimum absolute atomic E-state index is 0.0457. The maximum absolute atomic E-state index is 13.3. The Balaban J connectivity index is 1.47. The van der Waals surface area contributed by atoms with Gasteiger partial charge in [0.25, 0.3) is 5.91 Å². The number of aromatic nitrogens is 3. The number of amides is 1. The van der Waals surface area contributed by atoms with Crippen molar-refractivity contribution in [2.24, 2.45) is 0 Å². The lowest BCUT2D eigenvalue weighted by Crippen LogP contribution is -2.31. The number of thioether (sulfide) groups is 1. The summed E-state index contributed by atoms with van der Waals surface area (Å²) in [7, 11) is 0. The summed E-state index contributed by atoms with van der Waals surface area (Å²) in [6, 6.07) is 13.9. The van der Waals surface area contributed by atoms with Gasteiger partial charge in [0.2, 0.25) is 10.9 Å². The van der Waals surface area contributed by atoms with E-state index in [9.17, 15) is 14.7 Å². The number of carbonyl (C=O) groups excluding carboxylic acids is 2. The van der Waals surface area contributed by atoms with Crippen molar-refractivity contribution < 1.29 is 19.1 Å². The predicted octanol–water partition coefficient (Wildman–Crippen LogP) is 5.22. The number of aliphatic hydroxyl groups excluding tert-OH is 1. The molecule has 4 aromatic rings. The highest BCUT2D eigenvalue weighted by atomic mass is 32.2. The summed E-state index contributed by atoms with van der Waals surface area (Å²) in [6.07, 6.45) is 3.13. The Morgan fingerprint density at radius 3 is 2.51 bits per heavy atom. The number of anilines is 1. The van der Waals surface area contributed by atoms with Crippen molar-refractivity contribution >= 4 is 39.9 Å². The van der Waals surface area contributed by atoms with Gasteiger partial charge in [0.05, 0.1) is 11.6 Å². The molecule has 0 saturated heterocycles. The van der Waals surface area contributed by atoms with Crippen LogP contribution in [0.4, 0.5) is 5.13 Å². The molecule has 0 bridgehead atoms. The van der Waals surface area contributed by atoms with Crippen LogP contribution in [0.25, 0.3) is 0 Å². The molecule has 10 heteroatoms. The summed E-state index contributed by atoms with van der Waals surface area (Å²) >= 11 is 2.73. The number of nitrogens with zero attached hydrogens (tertiary/aromatic N) is 4. The minimum Gasteiger partial charge on any atom is -0.503 e. The zero-order chi connectivity index (χ0) is 24.5. The van der Waals surface area contributed by atoms with Crippen molar-refractivity contribution in [1.82, 2.24) is 15.2 Å². The Bertz CT molecular complexity index is 1430. The van der Waals surface area contributed by atoms with E-state index in [0.717, 1.165) is 5.56 Å². The Morgan fingerprint density at radius 1 is 1.09 bits per heavy atom. The van der Waals surface area contributed by atoms with E-state index < -0.39 is 23.5 Å². The second-order valence-electron chi connectivity index (χ2n) is 7.98. The van der Waals surface area contributed by atoms with Crippen molar-refractivity contribution in [1.29, 1.82) is 0 Å². The molecular formula is C25H20N4O4S2. The number of benzene rings is 1. The Kier molecular flexibility index (Phi) is 6.23. The summed E-state index contributed by atoms with van der Waals surface area (Å²) < 4.78 is 6.16. The van der Waals surface area contributed by atoms with E-state index in [1.54, 1.807) is 37.5 Å². The first-order valence-electron chi connectivity index (χ1n) is 10.7. The number of pyridine rings is 1. The fourth-order valence-electron chi connectivity index (χ4n) is 3.77. The molecule has 4 heterocycles. The lowest BCUT2D eigenvalue weighted by Gasteiger charge is -2.23. The molecule has 3 aromatic heterocycles. The van der Waals surface area contributed by atoms with Crippen molar-refractivity contribution in [3.63, 3.8) is 0 Å². The molecular weight excluding hydrogens is 484 g/mol. The van der Waals surface area contributed by atoms with Crippen LogP contribution in [0.15, 0.2) is 81.0 Å². The van der Waals surface area contributed by atoms with Crippen LogP contribution in [-0.4, -0.2) is 32.0 Å².